The monoisotopic (exact) mass is 270 g/mol. The van der Waals surface area contributed by atoms with Crippen LogP contribution in [0.3, 0.4) is 0 Å². The molecule has 0 saturated carbocycles. The van der Waals surface area contributed by atoms with Gasteiger partial charge in [-0.05, 0) is 44.5 Å². The summed E-state index contributed by atoms with van der Waals surface area (Å²) in [7, 11) is -3.26. The second-order valence-corrected chi connectivity index (χ2v) is 6.81. The molecule has 1 rings (SSSR count). The molecule has 0 aromatic heterocycles. The van der Waals surface area contributed by atoms with Crippen LogP contribution in [0, 0.1) is 0 Å². The largest absolute Gasteiger partial charge is 0.313 e. The van der Waals surface area contributed by atoms with Crippen LogP contribution in [0.15, 0.2) is 24.3 Å². The lowest BCUT2D eigenvalue weighted by atomic mass is 10.2. The van der Waals surface area contributed by atoms with E-state index < -0.39 is 15.3 Å². The summed E-state index contributed by atoms with van der Waals surface area (Å²) in [6.45, 7) is 7.15. The van der Waals surface area contributed by atoms with Gasteiger partial charge in [0.05, 0.1) is 5.25 Å². The number of sulfonamides is 1. The van der Waals surface area contributed by atoms with Gasteiger partial charge < -0.3 is 5.32 Å². The highest BCUT2D eigenvalue weighted by Gasteiger charge is 2.15. The standard InChI is InChI=1S/C13H22N2O2S/c1-4-8-14-10-12-6-5-7-13(9-12)15-18(16,17)11(2)3/h5-7,9,11,14-15H,4,8,10H2,1-3H3. The van der Waals surface area contributed by atoms with Crippen molar-refractivity contribution in [2.45, 2.75) is 39.0 Å². The zero-order chi connectivity index (χ0) is 13.6. The van der Waals surface area contributed by atoms with Crippen molar-refractivity contribution in [3.63, 3.8) is 0 Å². The zero-order valence-electron chi connectivity index (χ0n) is 11.2. The summed E-state index contributed by atoms with van der Waals surface area (Å²) in [5.41, 5.74) is 1.70. The Morgan fingerprint density at radius 2 is 2.00 bits per heavy atom. The molecule has 1 aromatic rings. The van der Waals surface area contributed by atoms with Gasteiger partial charge in [0.1, 0.15) is 0 Å². The lowest BCUT2D eigenvalue weighted by molar-refractivity contribution is 0.593. The van der Waals surface area contributed by atoms with Crippen LogP contribution in [0.4, 0.5) is 5.69 Å². The quantitative estimate of drug-likeness (QED) is 0.748. The van der Waals surface area contributed by atoms with Gasteiger partial charge in [-0.15, -0.1) is 0 Å². The molecule has 1 aromatic carbocycles. The minimum atomic E-state index is -3.26. The van der Waals surface area contributed by atoms with E-state index in [1.54, 1.807) is 19.9 Å². The van der Waals surface area contributed by atoms with Crippen LogP contribution in [-0.2, 0) is 16.6 Å². The number of nitrogens with one attached hydrogen (secondary N) is 2. The maximum Gasteiger partial charge on any atom is 0.235 e. The molecular weight excluding hydrogens is 248 g/mol. The van der Waals surface area contributed by atoms with Crippen LogP contribution >= 0.6 is 0 Å². The second kappa shape index (κ2) is 6.75. The molecule has 0 spiro atoms. The van der Waals surface area contributed by atoms with Crippen LogP contribution in [0.2, 0.25) is 0 Å². The normalized spacial score (nSPS) is 11.8. The third kappa shape index (κ3) is 4.66. The Balaban J connectivity index is 2.71. The molecule has 0 amide bonds. The van der Waals surface area contributed by atoms with E-state index in [0.717, 1.165) is 25.1 Å². The van der Waals surface area contributed by atoms with Crippen LogP contribution in [0.25, 0.3) is 0 Å². The Morgan fingerprint density at radius 1 is 1.28 bits per heavy atom. The van der Waals surface area contributed by atoms with Crippen LogP contribution in [-0.4, -0.2) is 20.2 Å². The Morgan fingerprint density at radius 3 is 2.61 bits per heavy atom. The highest BCUT2D eigenvalue weighted by Crippen LogP contribution is 2.14. The smallest absolute Gasteiger partial charge is 0.235 e. The number of benzene rings is 1. The van der Waals surface area contributed by atoms with Crippen molar-refractivity contribution in [3.05, 3.63) is 29.8 Å². The average Bonchev–Trinajstić information content (AvgIpc) is 2.29. The molecule has 0 heterocycles. The molecule has 0 atom stereocenters. The summed E-state index contributed by atoms with van der Waals surface area (Å²) < 4.78 is 26.1. The molecule has 0 bridgehead atoms. The molecule has 0 saturated heterocycles. The Hall–Kier alpha value is -1.07. The first-order valence-electron chi connectivity index (χ1n) is 6.27. The van der Waals surface area contributed by atoms with Crippen molar-refractivity contribution in [1.82, 2.24) is 5.32 Å². The molecule has 102 valence electrons. The van der Waals surface area contributed by atoms with Crippen molar-refractivity contribution >= 4 is 15.7 Å². The van der Waals surface area contributed by atoms with E-state index in [4.69, 9.17) is 0 Å². The van der Waals surface area contributed by atoms with Crippen molar-refractivity contribution < 1.29 is 8.42 Å². The zero-order valence-corrected chi connectivity index (χ0v) is 12.0. The van der Waals surface area contributed by atoms with Gasteiger partial charge in [-0.1, -0.05) is 19.1 Å². The SMILES string of the molecule is CCCNCc1cccc(NS(=O)(=O)C(C)C)c1. The summed E-state index contributed by atoms with van der Waals surface area (Å²) in [6, 6.07) is 7.48. The van der Waals surface area contributed by atoms with E-state index in [1.165, 1.54) is 0 Å². The Bertz CT molecular complexity index is 470. The molecule has 2 N–H and O–H groups in total. The Kier molecular flexibility index (Phi) is 5.62. The van der Waals surface area contributed by atoms with E-state index in [2.05, 4.69) is 17.0 Å². The van der Waals surface area contributed by atoms with Gasteiger partial charge in [0.25, 0.3) is 0 Å². The van der Waals surface area contributed by atoms with Crippen molar-refractivity contribution in [2.75, 3.05) is 11.3 Å². The highest BCUT2D eigenvalue weighted by atomic mass is 32.2. The van der Waals surface area contributed by atoms with E-state index >= 15 is 0 Å². The number of hydrogen-bond acceptors (Lipinski definition) is 3. The predicted molar refractivity (Wildman–Crippen MR) is 76.1 cm³/mol. The molecule has 0 fully saturated rings. The van der Waals surface area contributed by atoms with Gasteiger partial charge in [0.2, 0.25) is 10.0 Å². The highest BCUT2D eigenvalue weighted by molar-refractivity contribution is 7.93. The maximum absolute atomic E-state index is 11.7. The fraction of sp³-hybridized carbons (Fsp3) is 0.538. The Labute approximate surface area is 110 Å². The number of anilines is 1. The van der Waals surface area contributed by atoms with Crippen molar-refractivity contribution in [2.24, 2.45) is 0 Å². The second-order valence-electron chi connectivity index (χ2n) is 4.57. The molecule has 18 heavy (non-hydrogen) atoms. The lowest BCUT2D eigenvalue weighted by Gasteiger charge is -2.12. The third-order valence-corrected chi connectivity index (χ3v) is 4.33. The topological polar surface area (TPSA) is 58.2 Å². The van der Waals surface area contributed by atoms with Crippen LogP contribution in [0.1, 0.15) is 32.8 Å². The summed E-state index contributed by atoms with van der Waals surface area (Å²) >= 11 is 0. The molecule has 0 unspecified atom stereocenters. The molecule has 0 aliphatic heterocycles. The maximum atomic E-state index is 11.7. The lowest BCUT2D eigenvalue weighted by Crippen LogP contribution is -2.22. The fourth-order valence-corrected chi connectivity index (χ4v) is 2.13. The van der Waals surface area contributed by atoms with Gasteiger partial charge in [-0.2, -0.15) is 0 Å². The predicted octanol–water partition coefficient (Wildman–Crippen LogP) is 2.34. The summed E-state index contributed by atoms with van der Waals surface area (Å²) in [5, 5.41) is 2.86. The molecular formula is C13H22N2O2S. The van der Waals surface area contributed by atoms with Crippen molar-refractivity contribution in [1.29, 1.82) is 0 Å². The summed E-state index contributed by atoms with van der Waals surface area (Å²) in [5.74, 6) is 0. The van der Waals surface area contributed by atoms with Crippen LogP contribution in [0.5, 0.6) is 0 Å². The molecule has 4 nitrogen and oxygen atoms in total. The molecule has 0 aliphatic carbocycles. The number of rotatable bonds is 7. The van der Waals surface area contributed by atoms with Gasteiger partial charge >= 0.3 is 0 Å². The first-order chi connectivity index (χ1) is 8.45. The van der Waals surface area contributed by atoms with Gasteiger partial charge in [0, 0.05) is 12.2 Å². The van der Waals surface area contributed by atoms with E-state index in [1.807, 2.05) is 18.2 Å². The summed E-state index contributed by atoms with van der Waals surface area (Å²) in [6.07, 6.45) is 1.08. The first kappa shape index (κ1) is 15.0. The third-order valence-electron chi connectivity index (χ3n) is 2.56. The van der Waals surface area contributed by atoms with Gasteiger partial charge in [0.15, 0.2) is 0 Å². The molecule has 0 aliphatic rings. The minimum Gasteiger partial charge on any atom is -0.313 e. The fourth-order valence-electron chi connectivity index (χ4n) is 1.44. The van der Waals surface area contributed by atoms with Gasteiger partial charge in [-0.25, -0.2) is 8.42 Å². The number of hydrogen-bond donors (Lipinski definition) is 2. The van der Waals surface area contributed by atoms with Crippen LogP contribution < -0.4 is 10.0 Å². The van der Waals surface area contributed by atoms with Crippen molar-refractivity contribution in [3.8, 4) is 0 Å². The molecule has 5 heteroatoms. The molecule has 0 radical (unpaired) electrons. The minimum absolute atomic E-state index is 0.431. The summed E-state index contributed by atoms with van der Waals surface area (Å²) in [4.78, 5) is 0. The average molecular weight is 270 g/mol. The van der Waals surface area contributed by atoms with E-state index in [0.29, 0.717) is 5.69 Å². The van der Waals surface area contributed by atoms with E-state index in [-0.39, 0.29) is 0 Å². The first-order valence-corrected chi connectivity index (χ1v) is 7.81. The van der Waals surface area contributed by atoms with E-state index in [9.17, 15) is 8.42 Å². The van der Waals surface area contributed by atoms with Gasteiger partial charge in [-0.3, -0.25) is 4.72 Å².